The van der Waals surface area contributed by atoms with Gasteiger partial charge in [-0.3, -0.25) is 9.89 Å². The number of carbonyl (C=O) groups is 1. The highest BCUT2D eigenvalue weighted by Gasteiger charge is 2.15. The fourth-order valence-corrected chi connectivity index (χ4v) is 2.63. The number of hydrogen-bond donors (Lipinski definition) is 1. The molecule has 0 fully saturated rings. The standard InChI is InChI=1S/C20H17N5O/c1-2-10-25(13-16-5-3-4-15(11-16)12-21)20(26)18-8-6-17(7-9-18)19-22-14-23-24-19/h2-9,11,14H,1,10,13H2,(H,22,23,24). The van der Waals surface area contributed by atoms with Crippen LogP contribution in [0.5, 0.6) is 0 Å². The van der Waals surface area contributed by atoms with Gasteiger partial charge in [0.25, 0.3) is 5.91 Å². The maximum Gasteiger partial charge on any atom is 0.254 e. The van der Waals surface area contributed by atoms with E-state index in [9.17, 15) is 4.79 Å². The van der Waals surface area contributed by atoms with Gasteiger partial charge in [-0.15, -0.1) is 6.58 Å². The first-order chi connectivity index (χ1) is 12.7. The number of aromatic amines is 1. The molecule has 0 atom stereocenters. The number of aromatic nitrogens is 3. The van der Waals surface area contributed by atoms with Crippen LogP contribution in [-0.4, -0.2) is 32.5 Å². The van der Waals surface area contributed by atoms with Gasteiger partial charge in [0, 0.05) is 24.2 Å². The van der Waals surface area contributed by atoms with Gasteiger partial charge >= 0.3 is 0 Å². The molecule has 0 unspecified atom stereocenters. The predicted molar refractivity (Wildman–Crippen MR) is 97.9 cm³/mol. The van der Waals surface area contributed by atoms with Crippen LogP contribution < -0.4 is 0 Å². The zero-order valence-electron chi connectivity index (χ0n) is 14.1. The molecule has 0 saturated carbocycles. The zero-order chi connectivity index (χ0) is 18.4. The highest BCUT2D eigenvalue weighted by atomic mass is 16.2. The topological polar surface area (TPSA) is 85.7 Å². The molecule has 128 valence electrons. The van der Waals surface area contributed by atoms with E-state index in [1.807, 2.05) is 24.3 Å². The highest BCUT2D eigenvalue weighted by Crippen LogP contribution is 2.17. The smallest absolute Gasteiger partial charge is 0.254 e. The summed E-state index contributed by atoms with van der Waals surface area (Å²) in [4.78, 5) is 18.7. The second-order valence-corrected chi connectivity index (χ2v) is 5.70. The lowest BCUT2D eigenvalue weighted by atomic mass is 10.1. The lowest BCUT2D eigenvalue weighted by Gasteiger charge is -2.21. The molecule has 3 rings (SSSR count). The summed E-state index contributed by atoms with van der Waals surface area (Å²) in [6, 6.07) is 16.6. The molecule has 1 heterocycles. The molecule has 1 amide bonds. The van der Waals surface area contributed by atoms with Gasteiger partial charge in [0.1, 0.15) is 6.33 Å². The Hall–Kier alpha value is -3.72. The first kappa shape index (κ1) is 17.1. The Balaban J connectivity index is 1.79. The van der Waals surface area contributed by atoms with E-state index in [0.717, 1.165) is 11.1 Å². The van der Waals surface area contributed by atoms with Crippen molar-refractivity contribution in [2.75, 3.05) is 6.54 Å². The number of rotatable bonds is 6. The summed E-state index contributed by atoms with van der Waals surface area (Å²) < 4.78 is 0. The average Bonchev–Trinajstić information content (AvgIpc) is 3.22. The number of benzene rings is 2. The van der Waals surface area contributed by atoms with Gasteiger partial charge in [0.15, 0.2) is 5.82 Å². The number of H-pyrrole nitrogens is 1. The fourth-order valence-electron chi connectivity index (χ4n) is 2.63. The van der Waals surface area contributed by atoms with Gasteiger partial charge in [0.2, 0.25) is 0 Å². The molecule has 0 aliphatic heterocycles. The van der Waals surface area contributed by atoms with Gasteiger partial charge in [-0.1, -0.05) is 30.3 Å². The molecule has 0 spiro atoms. The molecule has 2 aromatic carbocycles. The Bertz CT molecular complexity index is 939. The van der Waals surface area contributed by atoms with Gasteiger partial charge in [0.05, 0.1) is 11.6 Å². The Morgan fingerprint density at radius 1 is 1.27 bits per heavy atom. The summed E-state index contributed by atoms with van der Waals surface area (Å²) in [5.41, 5.74) is 2.91. The largest absolute Gasteiger partial charge is 0.331 e. The Kier molecular flexibility index (Phi) is 5.20. The van der Waals surface area contributed by atoms with E-state index < -0.39 is 0 Å². The Labute approximate surface area is 151 Å². The molecule has 0 saturated heterocycles. The summed E-state index contributed by atoms with van der Waals surface area (Å²) in [6.45, 7) is 4.56. The van der Waals surface area contributed by atoms with Crippen LogP contribution in [0.25, 0.3) is 11.4 Å². The van der Waals surface area contributed by atoms with Crippen molar-refractivity contribution in [1.29, 1.82) is 5.26 Å². The van der Waals surface area contributed by atoms with Crippen molar-refractivity contribution < 1.29 is 4.79 Å². The maximum atomic E-state index is 12.9. The Morgan fingerprint density at radius 2 is 2.08 bits per heavy atom. The SMILES string of the molecule is C=CCN(Cc1cccc(C#N)c1)C(=O)c1ccc(-c2ncn[nH]2)cc1. The molecule has 6 heteroatoms. The summed E-state index contributed by atoms with van der Waals surface area (Å²) >= 11 is 0. The molecular formula is C20H17N5O. The number of nitrogens with one attached hydrogen (secondary N) is 1. The number of nitrogens with zero attached hydrogens (tertiary/aromatic N) is 4. The van der Waals surface area contributed by atoms with Crippen molar-refractivity contribution in [3.05, 3.63) is 84.2 Å². The minimum Gasteiger partial charge on any atom is -0.331 e. The fraction of sp³-hybridized carbons (Fsp3) is 0.100. The number of amides is 1. The third-order valence-corrected chi connectivity index (χ3v) is 3.89. The van der Waals surface area contributed by atoms with Crippen molar-refractivity contribution >= 4 is 5.91 Å². The van der Waals surface area contributed by atoms with E-state index in [4.69, 9.17) is 5.26 Å². The Morgan fingerprint density at radius 3 is 2.73 bits per heavy atom. The predicted octanol–water partition coefficient (Wildman–Crippen LogP) is 3.17. The maximum absolute atomic E-state index is 12.9. The van der Waals surface area contributed by atoms with E-state index in [1.165, 1.54) is 6.33 Å². The summed E-state index contributed by atoms with van der Waals surface area (Å²) in [6.07, 6.45) is 3.13. The zero-order valence-corrected chi connectivity index (χ0v) is 14.1. The van der Waals surface area contributed by atoms with Gasteiger partial charge in [-0.05, 0) is 29.8 Å². The van der Waals surface area contributed by atoms with Crippen molar-refractivity contribution in [1.82, 2.24) is 20.1 Å². The van der Waals surface area contributed by atoms with E-state index in [1.54, 1.807) is 35.2 Å². The van der Waals surface area contributed by atoms with Crippen LogP contribution in [0.4, 0.5) is 0 Å². The summed E-state index contributed by atoms with van der Waals surface area (Å²) in [7, 11) is 0. The third kappa shape index (κ3) is 3.84. The molecule has 1 N–H and O–H groups in total. The van der Waals surface area contributed by atoms with Crippen LogP contribution >= 0.6 is 0 Å². The lowest BCUT2D eigenvalue weighted by molar-refractivity contribution is 0.0762. The van der Waals surface area contributed by atoms with Crippen molar-refractivity contribution in [2.45, 2.75) is 6.54 Å². The van der Waals surface area contributed by atoms with E-state index in [0.29, 0.717) is 30.0 Å². The molecular weight excluding hydrogens is 326 g/mol. The molecule has 0 aliphatic rings. The molecule has 26 heavy (non-hydrogen) atoms. The first-order valence-electron chi connectivity index (χ1n) is 8.06. The lowest BCUT2D eigenvalue weighted by Crippen LogP contribution is -2.30. The van der Waals surface area contributed by atoms with Crippen LogP contribution in [0.3, 0.4) is 0 Å². The second kappa shape index (κ2) is 7.90. The van der Waals surface area contributed by atoms with Crippen LogP contribution in [0.15, 0.2) is 67.5 Å². The quantitative estimate of drug-likeness (QED) is 0.697. The highest BCUT2D eigenvalue weighted by molar-refractivity contribution is 5.94. The minimum absolute atomic E-state index is 0.101. The van der Waals surface area contributed by atoms with Gasteiger partial charge in [-0.25, -0.2) is 4.98 Å². The van der Waals surface area contributed by atoms with Gasteiger partial charge in [-0.2, -0.15) is 10.4 Å². The van der Waals surface area contributed by atoms with E-state index in [2.05, 4.69) is 27.8 Å². The van der Waals surface area contributed by atoms with Crippen molar-refractivity contribution in [2.24, 2.45) is 0 Å². The molecule has 3 aromatic rings. The van der Waals surface area contributed by atoms with Crippen molar-refractivity contribution in [3.63, 3.8) is 0 Å². The molecule has 6 nitrogen and oxygen atoms in total. The minimum atomic E-state index is -0.101. The van der Waals surface area contributed by atoms with Crippen LogP contribution in [0.2, 0.25) is 0 Å². The first-order valence-corrected chi connectivity index (χ1v) is 8.06. The average molecular weight is 343 g/mol. The molecule has 1 aromatic heterocycles. The molecule has 0 radical (unpaired) electrons. The summed E-state index contributed by atoms with van der Waals surface area (Å²) in [5.74, 6) is 0.552. The number of carbonyl (C=O) groups excluding carboxylic acids is 1. The third-order valence-electron chi connectivity index (χ3n) is 3.89. The molecule has 0 aliphatic carbocycles. The summed E-state index contributed by atoms with van der Waals surface area (Å²) in [5, 5.41) is 15.6. The number of nitriles is 1. The van der Waals surface area contributed by atoms with Crippen LogP contribution in [0.1, 0.15) is 21.5 Å². The van der Waals surface area contributed by atoms with Crippen LogP contribution in [-0.2, 0) is 6.54 Å². The van der Waals surface area contributed by atoms with E-state index >= 15 is 0 Å². The van der Waals surface area contributed by atoms with Crippen LogP contribution in [0, 0.1) is 11.3 Å². The van der Waals surface area contributed by atoms with Gasteiger partial charge < -0.3 is 4.90 Å². The molecule has 0 bridgehead atoms. The second-order valence-electron chi connectivity index (χ2n) is 5.70. The van der Waals surface area contributed by atoms with E-state index in [-0.39, 0.29) is 5.91 Å². The van der Waals surface area contributed by atoms with Crippen molar-refractivity contribution in [3.8, 4) is 17.5 Å². The monoisotopic (exact) mass is 343 g/mol. The number of hydrogen-bond acceptors (Lipinski definition) is 4. The normalized spacial score (nSPS) is 10.1.